The lowest BCUT2D eigenvalue weighted by molar-refractivity contribution is 0.323. The number of hydrogen-bond donors (Lipinski definition) is 0. The van der Waals surface area contributed by atoms with Crippen molar-refractivity contribution in [2.24, 2.45) is 0 Å². The molecule has 0 radical (unpaired) electrons. The van der Waals surface area contributed by atoms with Crippen molar-refractivity contribution in [3.05, 3.63) is 42.2 Å². The third-order valence-corrected chi connectivity index (χ3v) is 3.05. The average molecular weight is 261 g/mol. The molecule has 0 N–H and O–H groups in total. The van der Waals surface area contributed by atoms with E-state index in [9.17, 15) is 0 Å². The van der Waals surface area contributed by atoms with Gasteiger partial charge in [-0.1, -0.05) is 0 Å². The van der Waals surface area contributed by atoms with Crippen LogP contribution < -0.4 is 14.2 Å². The molecule has 2 aromatic rings. The normalized spacial score (nSPS) is 10.3. The molecule has 0 saturated heterocycles. The Hall–Kier alpha value is -2.10. The van der Waals surface area contributed by atoms with Crippen LogP contribution in [-0.4, -0.2) is 25.9 Å². The van der Waals surface area contributed by atoms with Crippen molar-refractivity contribution >= 4 is 0 Å². The minimum atomic E-state index is 0.634. The predicted molar refractivity (Wildman–Crippen MR) is 74.2 cm³/mol. The molecule has 4 nitrogen and oxygen atoms in total. The fourth-order valence-electron chi connectivity index (χ4n) is 2.06. The second-order valence-electron chi connectivity index (χ2n) is 4.20. The zero-order valence-electron chi connectivity index (χ0n) is 11.6. The summed E-state index contributed by atoms with van der Waals surface area (Å²) in [7, 11) is 4.87. The van der Waals surface area contributed by atoms with Crippen molar-refractivity contribution in [3.8, 4) is 17.2 Å². The van der Waals surface area contributed by atoms with Crippen LogP contribution in [0.1, 0.15) is 5.56 Å². The van der Waals surface area contributed by atoms with Crippen LogP contribution in [0.25, 0.3) is 0 Å². The third-order valence-electron chi connectivity index (χ3n) is 3.05. The van der Waals surface area contributed by atoms with E-state index in [-0.39, 0.29) is 0 Å². The zero-order valence-corrected chi connectivity index (χ0v) is 11.6. The van der Waals surface area contributed by atoms with Gasteiger partial charge in [0.2, 0.25) is 5.75 Å². The molecule has 0 bridgehead atoms. The van der Waals surface area contributed by atoms with Gasteiger partial charge >= 0.3 is 0 Å². The highest BCUT2D eigenvalue weighted by Crippen LogP contribution is 2.38. The van der Waals surface area contributed by atoms with Crippen molar-refractivity contribution in [1.29, 1.82) is 0 Å². The number of benzene rings is 1. The van der Waals surface area contributed by atoms with E-state index in [4.69, 9.17) is 14.2 Å². The van der Waals surface area contributed by atoms with Crippen LogP contribution in [0.2, 0.25) is 0 Å². The van der Waals surface area contributed by atoms with Crippen LogP contribution >= 0.6 is 0 Å². The topological polar surface area (TPSA) is 32.6 Å². The van der Waals surface area contributed by atoms with E-state index in [2.05, 4.69) is 17.0 Å². The van der Waals surface area contributed by atoms with Gasteiger partial charge in [0.25, 0.3) is 0 Å². The van der Waals surface area contributed by atoms with Crippen LogP contribution in [0, 0.1) is 0 Å². The Morgan fingerprint density at radius 3 is 1.95 bits per heavy atom. The van der Waals surface area contributed by atoms with E-state index < -0.39 is 0 Å². The fourth-order valence-corrected chi connectivity index (χ4v) is 2.06. The van der Waals surface area contributed by atoms with Gasteiger partial charge in [-0.2, -0.15) is 0 Å². The van der Waals surface area contributed by atoms with Gasteiger partial charge in [-0.05, 0) is 36.2 Å². The van der Waals surface area contributed by atoms with Gasteiger partial charge in [-0.3, -0.25) is 0 Å². The van der Waals surface area contributed by atoms with Crippen molar-refractivity contribution in [2.75, 3.05) is 21.3 Å². The molecule has 0 aliphatic rings. The van der Waals surface area contributed by atoms with Crippen LogP contribution in [-0.2, 0) is 13.0 Å². The first-order chi connectivity index (χ1) is 9.28. The van der Waals surface area contributed by atoms with Crippen molar-refractivity contribution < 1.29 is 14.2 Å². The van der Waals surface area contributed by atoms with Crippen molar-refractivity contribution in [2.45, 2.75) is 13.0 Å². The summed E-state index contributed by atoms with van der Waals surface area (Å²) in [4.78, 5) is 0. The molecule has 0 atom stereocenters. The largest absolute Gasteiger partial charge is 0.493 e. The zero-order chi connectivity index (χ0) is 13.7. The Bertz CT molecular complexity index is 495. The lowest BCUT2D eigenvalue weighted by atomic mass is 10.1. The number of nitrogens with zero attached hydrogens (tertiary/aromatic N) is 1. The molecule has 0 saturated carbocycles. The first-order valence-corrected chi connectivity index (χ1v) is 6.18. The summed E-state index contributed by atoms with van der Waals surface area (Å²) in [6, 6.07) is 8.03. The summed E-state index contributed by atoms with van der Waals surface area (Å²) >= 11 is 0. The summed E-state index contributed by atoms with van der Waals surface area (Å²) in [5, 5.41) is 0. The van der Waals surface area contributed by atoms with Crippen LogP contribution in [0.5, 0.6) is 17.2 Å². The van der Waals surface area contributed by atoms with Gasteiger partial charge in [0, 0.05) is 18.9 Å². The van der Waals surface area contributed by atoms with Crippen LogP contribution in [0.4, 0.5) is 0 Å². The monoisotopic (exact) mass is 261 g/mol. The average Bonchev–Trinajstić information content (AvgIpc) is 2.97. The Morgan fingerprint density at radius 2 is 1.47 bits per heavy atom. The molecule has 1 aromatic carbocycles. The molecule has 0 aliphatic carbocycles. The summed E-state index contributed by atoms with van der Waals surface area (Å²) in [5.74, 6) is 2.03. The molecule has 0 fully saturated rings. The highest BCUT2D eigenvalue weighted by atomic mass is 16.5. The third kappa shape index (κ3) is 3.02. The van der Waals surface area contributed by atoms with Gasteiger partial charge in [-0.15, -0.1) is 0 Å². The standard InChI is InChI=1S/C15H19NO3/c1-17-13-10-12(6-9-16-7-4-5-8-16)11-14(18-2)15(13)19-3/h4-5,7-8,10-11H,6,9H2,1-3H3. The van der Waals surface area contributed by atoms with E-state index in [1.165, 1.54) is 0 Å². The van der Waals surface area contributed by atoms with E-state index in [1.807, 2.05) is 24.3 Å². The molecule has 0 aliphatic heterocycles. The molecule has 4 heteroatoms. The van der Waals surface area contributed by atoms with Gasteiger partial charge in [-0.25, -0.2) is 0 Å². The maximum absolute atomic E-state index is 5.34. The summed E-state index contributed by atoms with van der Waals surface area (Å²) < 4.78 is 18.1. The maximum atomic E-state index is 5.34. The van der Waals surface area contributed by atoms with Crippen LogP contribution in [0.15, 0.2) is 36.7 Å². The molecule has 102 valence electrons. The van der Waals surface area contributed by atoms with Gasteiger partial charge < -0.3 is 18.8 Å². The first-order valence-electron chi connectivity index (χ1n) is 6.18. The molecule has 0 unspecified atom stereocenters. The molecule has 1 aromatic heterocycles. The lowest BCUT2D eigenvalue weighted by Crippen LogP contribution is -2.01. The Labute approximate surface area is 113 Å². The maximum Gasteiger partial charge on any atom is 0.203 e. The number of hydrogen-bond acceptors (Lipinski definition) is 3. The van der Waals surface area contributed by atoms with Gasteiger partial charge in [0.15, 0.2) is 11.5 Å². The Kier molecular flexibility index (Phi) is 4.34. The summed E-state index contributed by atoms with van der Waals surface area (Å²) in [6.07, 6.45) is 5.02. The highest BCUT2D eigenvalue weighted by Gasteiger charge is 2.12. The second-order valence-corrected chi connectivity index (χ2v) is 4.20. The molecule has 19 heavy (non-hydrogen) atoms. The quantitative estimate of drug-likeness (QED) is 0.801. The number of ether oxygens (including phenoxy) is 3. The molecule has 2 rings (SSSR count). The highest BCUT2D eigenvalue weighted by molar-refractivity contribution is 5.53. The number of rotatable bonds is 6. The molecule has 1 heterocycles. The number of methoxy groups -OCH3 is 3. The van der Waals surface area contributed by atoms with Crippen molar-refractivity contribution in [1.82, 2.24) is 4.57 Å². The van der Waals surface area contributed by atoms with Gasteiger partial charge in [0.1, 0.15) is 0 Å². The number of aromatic nitrogens is 1. The second kappa shape index (κ2) is 6.18. The molecule has 0 spiro atoms. The Morgan fingerprint density at radius 1 is 0.895 bits per heavy atom. The molecule has 0 amide bonds. The minimum absolute atomic E-state index is 0.634. The summed E-state index contributed by atoms with van der Waals surface area (Å²) in [6.45, 7) is 0.922. The van der Waals surface area contributed by atoms with E-state index >= 15 is 0 Å². The predicted octanol–water partition coefficient (Wildman–Crippen LogP) is 2.76. The van der Waals surface area contributed by atoms with Crippen molar-refractivity contribution in [3.63, 3.8) is 0 Å². The summed E-state index contributed by atoms with van der Waals surface area (Å²) in [5.41, 5.74) is 1.16. The fraction of sp³-hybridized carbons (Fsp3) is 0.333. The Balaban J connectivity index is 2.20. The van der Waals surface area contributed by atoms with E-state index in [1.54, 1.807) is 21.3 Å². The van der Waals surface area contributed by atoms with Gasteiger partial charge in [0.05, 0.1) is 21.3 Å². The molecular formula is C15H19NO3. The minimum Gasteiger partial charge on any atom is -0.493 e. The first kappa shape index (κ1) is 13.3. The van der Waals surface area contributed by atoms with Crippen LogP contribution in [0.3, 0.4) is 0 Å². The number of aryl methyl sites for hydroxylation is 2. The lowest BCUT2D eigenvalue weighted by Gasteiger charge is -2.14. The SMILES string of the molecule is COc1cc(CCn2cccc2)cc(OC)c1OC. The molecular weight excluding hydrogens is 242 g/mol. The van der Waals surface area contributed by atoms with E-state index in [0.717, 1.165) is 18.5 Å². The smallest absolute Gasteiger partial charge is 0.203 e. The van der Waals surface area contributed by atoms with E-state index in [0.29, 0.717) is 17.2 Å².